The van der Waals surface area contributed by atoms with Crippen molar-refractivity contribution in [2.45, 2.75) is 26.2 Å². The van der Waals surface area contributed by atoms with Crippen molar-refractivity contribution in [1.82, 2.24) is 10.6 Å². The summed E-state index contributed by atoms with van der Waals surface area (Å²) in [7, 11) is 1.88. The minimum absolute atomic E-state index is 0.830. The van der Waals surface area contributed by atoms with Crippen LogP contribution in [0, 0.1) is 0 Å². The highest BCUT2D eigenvalue weighted by Gasteiger charge is 1.94. The molecule has 0 radical (unpaired) electrons. The normalized spacial score (nSPS) is 9.31. The Balaban J connectivity index is 3.25. The Morgan fingerprint density at radius 3 is 2.46 bits per heavy atom. The van der Waals surface area contributed by atoms with Crippen molar-refractivity contribution < 1.29 is 0 Å². The van der Waals surface area contributed by atoms with E-state index in [9.17, 15) is 0 Å². The van der Waals surface area contributed by atoms with Crippen LogP contribution in [0.15, 0.2) is 0 Å². The van der Waals surface area contributed by atoms with E-state index in [1.165, 1.54) is 12.8 Å². The first-order valence-corrected chi connectivity index (χ1v) is 5.49. The van der Waals surface area contributed by atoms with Gasteiger partial charge in [-0.05, 0) is 6.42 Å². The maximum Gasteiger partial charge on any atom is 0.175 e. The number of rotatable bonds is 6. The molecule has 0 aromatic rings. The van der Waals surface area contributed by atoms with Crippen molar-refractivity contribution >= 4 is 42.2 Å². The van der Waals surface area contributed by atoms with Gasteiger partial charge < -0.3 is 10.6 Å². The summed E-state index contributed by atoms with van der Waals surface area (Å²) in [6, 6.07) is 0. The summed E-state index contributed by atoms with van der Waals surface area (Å²) in [6.45, 7) is 4.00. The second-order valence-corrected chi connectivity index (χ2v) is 4.04. The molecule has 0 unspecified atom stereocenters. The molecule has 0 amide bonds. The van der Waals surface area contributed by atoms with Crippen LogP contribution in [-0.2, 0) is 0 Å². The average molecular weight is 216 g/mol. The Labute approximate surface area is 92.3 Å². The van der Waals surface area contributed by atoms with Crippen molar-refractivity contribution in [3.8, 4) is 0 Å². The molecule has 0 saturated heterocycles. The first-order chi connectivity index (χ1) is 6.16. The third kappa shape index (κ3) is 9.76. The highest BCUT2D eigenvalue weighted by Crippen LogP contribution is 1.86. The standard InChI is InChI=1S/C8H17BN2S2/c1-2-3-5-10-7(12)4-6-11-8(9)13/h2-6,9H2,1H3,(H,10,12)(H,11,13). The zero-order chi connectivity index (χ0) is 10.1. The van der Waals surface area contributed by atoms with Crippen LogP contribution in [-0.4, -0.2) is 30.8 Å². The van der Waals surface area contributed by atoms with E-state index in [0.717, 1.165) is 29.4 Å². The van der Waals surface area contributed by atoms with Gasteiger partial charge in [-0.1, -0.05) is 37.8 Å². The molecule has 0 aliphatic carbocycles. The summed E-state index contributed by atoms with van der Waals surface area (Å²) in [5, 5.41) is 6.28. The fraction of sp³-hybridized carbons (Fsp3) is 0.750. The lowest BCUT2D eigenvalue weighted by Gasteiger charge is -2.07. The Kier molecular flexibility index (Phi) is 8.34. The first kappa shape index (κ1) is 12.8. The Morgan fingerprint density at radius 1 is 1.23 bits per heavy atom. The van der Waals surface area contributed by atoms with E-state index in [2.05, 4.69) is 17.6 Å². The molecule has 2 N–H and O–H groups in total. The van der Waals surface area contributed by atoms with Gasteiger partial charge in [0.25, 0.3) is 0 Å². The summed E-state index contributed by atoms with van der Waals surface area (Å²) in [6.07, 6.45) is 3.25. The molecule has 0 saturated carbocycles. The molecule has 0 heterocycles. The SMILES string of the molecule is BC(=S)NCCC(=S)NCCCC. The second kappa shape index (κ2) is 8.44. The zero-order valence-electron chi connectivity index (χ0n) is 8.35. The lowest BCUT2D eigenvalue weighted by atomic mass is 10.1. The van der Waals surface area contributed by atoms with Gasteiger partial charge in [-0.25, -0.2) is 0 Å². The van der Waals surface area contributed by atoms with E-state index in [1.54, 1.807) is 0 Å². The molecule has 0 aliphatic rings. The van der Waals surface area contributed by atoms with Crippen molar-refractivity contribution in [3.63, 3.8) is 0 Å². The lowest BCUT2D eigenvalue weighted by Crippen LogP contribution is -2.29. The van der Waals surface area contributed by atoms with Crippen LogP contribution in [0.4, 0.5) is 0 Å². The van der Waals surface area contributed by atoms with Crippen LogP contribution in [0.25, 0.3) is 0 Å². The Bertz CT molecular complexity index is 174. The van der Waals surface area contributed by atoms with Crippen LogP contribution in [0.5, 0.6) is 0 Å². The molecular formula is C8H17BN2S2. The summed E-state index contributed by atoms with van der Waals surface area (Å²) in [5.41, 5.74) is 0. The molecule has 74 valence electrons. The van der Waals surface area contributed by atoms with E-state index in [-0.39, 0.29) is 0 Å². The lowest BCUT2D eigenvalue weighted by molar-refractivity contribution is 0.748. The molecule has 0 fully saturated rings. The topological polar surface area (TPSA) is 24.1 Å². The molecule has 0 aromatic heterocycles. The highest BCUT2D eigenvalue weighted by atomic mass is 32.1. The summed E-state index contributed by atoms with van der Waals surface area (Å²) in [4.78, 5) is 1.76. The zero-order valence-corrected chi connectivity index (χ0v) is 9.99. The molecule has 2 nitrogen and oxygen atoms in total. The van der Waals surface area contributed by atoms with E-state index in [4.69, 9.17) is 24.4 Å². The third-order valence-corrected chi connectivity index (χ3v) is 2.07. The third-order valence-electron chi connectivity index (χ3n) is 1.58. The number of hydrogen-bond donors (Lipinski definition) is 2. The summed E-state index contributed by atoms with van der Waals surface area (Å²) < 4.78 is 0. The number of unbranched alkanes of at least 4 members (excludes halogenated alkanes) is 1. The molecule has 5 heteroatoms. The van der Waals surface area contributed by atoms with E-state index in [0.29, 0.717) is 0 Å². The van der Waals surface area contributed by atoms with Gasteiger partial charge in [0.15, 0.2) is 7.85 Å². The molecule has 13 heavy (non-hydrogen) atoms. The van der Waals surface area contributed by atoms with E-state index in [1.807, 2.05) is 7.85 Å². The van der Waals surface area contributed by atoms with Gasteiger partial charge >= 0.3 is 0 Å². The smallest absolute Gasteiger partial charge is 0.175 e. The fourth-order valence-corrected chi connectivity index (χ4v) is 1.15. The van der Waals surface area contributed by atoms with E-state index >= 15 is 0 Å². The van der Waals surface area contributed by atoms with Crippen molar-refractivity contribution in [2.75, 3.05) is 13.1 Å². The van der Waals surface area contributed by atoms with Gasteiger partial charge in [0.2, 0.25) is 0 Å². The second-order valence-electron chi connectivity index (χ2n) is 2.94. The predicted octanol–water partition coefficient (Wildman–Crippen LogP) is 0.601. The first-order valence-electron chi connectivity index (χ1n) is 4.68. The maximum atomic E-state index is 5.12. The van der Waals surface area contributed by atoms with Crippen molar-refractivity contribution in [1.29, 1.82) is 0 Å². The van der Waals surface area contributed by atoms with Gasteiger partial charge in [-0.3, -0.25) is 0 Å². The molecule has 0 aromatic carbocycles. The molecule has 0 spiro atoms. The monoisotopic (exact) mass is 216 g/mol. The van der Waals surface area contributed by atoms with Gasteiger partial charge in [0.05, 0.1) is 4.99 Å². The van der Waals surface area contributed by atoms with Crippen LogP contribution in [0.3, 0.4) is 0 Å². The predicted molar refractivity (Wildman–Crippen MR) is 69.3 cm³/mol. The van der Waals surface area contributed by atoms with Crippen molar-refractivity contribution in [3.05, 3.63) is 0 Å². The van der Waals surface area contributed by atoms with Crippen molar-refractivity contribution in [2.24, 2.45) is 0 Å². The fourth-order valence-electron chi connectivity index (χ4n) is 0.845. The molecule has 0 bridgehead atoms. The molecule has 0 rings (SSSR count). The quantitative estimate of drug-likeness (QED) is 0.386. The van der Waals surface area contributed by atoms with Gasteiger partial charge in [0, 0.05) is 24.4 Å². The number of hydrogen-bond acceptors (Lipinski definition) is 2. The van der Waals surface area contributed by atoms with Crippen LogP contribution in [0.1, 0.15) is 26.2 Å². The van der Waals surface area contributed by atoms with Gasteiger partial charge in [0.1, 0.15) is 0 Å². The molecule has 0 aliphatic heterocycles. The Hall–Kier alpha value is -0.155. The van der Waals surface area contributed by atoms with Crippen LogP contribution < -0.4 is 10.6 Å². The minimum atomic E-state index is 0.830. The minimum Gasteiger partial charge on any atom is -0.388 e. The number of nitrogens with one attached hydrogen (secondary N) is 2. The largest absolute Gasteiger partial charge is 0.388 e. The Morgan fingerprint density at radius 2 is 1.92 bits per heavy atom. The molecule has 0 atom stereocenters. The van der Waals surface area contributed by atoms with E-state index < -0.39 is 0 Å². The molecular weight excluding hydrogens is 199 g/mol. The van der Waals surface area contributed by atoms with Crippen LogP contribution >= 0.6 is 24.4 Å². The average Bonchev–Trinajstić information content (AvgIpc) is 2.04. The number of thiocarbonyl (C=S) groups is 2. The maximum absolute atomic E-state index is 5.12. The summed E-state index contributed by atoms with van der Waals surface area (Å²) in [5.74, 6) is 0. The van der Waals surface area contributed by atoms with Gasteiger partial charge in [-0.15, -0.1) is 0 Å². The van der Waals surface area contributed by atoms with Crippen LogP contribution in [0.2, 0.25) is 0 Å². The van der Waals surface area contributed by atoms with Gasteiger partial charge in [-0.2, -0.15) is 0 Å². The highest BCUT2D eigenvalue weighted by molar-refractivity contribution is 7.82. The summed E-state index contributed by atoms with van der Waals surface area (Å²) >= 11 is 10.0.